The van der Waals surface area contributed by atoms with Crippen molar-refractivity contribution >= 4 is 17.5 Å². The van der Waals surface area contributed by atoms with Crippen molar-refractivity contribution in [3.05, 3.63) is 65.2 Å². The highest BCUT2D eigenvalue weighted by molar-refractivity contribution is 6.05. The third-order valence-corrected chi connectivity index (χ3v) is 4.76. The molecule has 2 amide bonds. The van der Waals surface area contributed by atoms with Crippen LogP contribution in [0, 0.1) is 5.92 Å². The molecule has 2 rings (SSSR count). The van der Waals surface area contributed by atoms with Crippen molar-refractivity contribution in [2.75, 3.05) is 11.9 Å². The molecule has 150 valence electrons. The fraction of sp³-hybridized carbons (Fsp3) is 0.417. The number of para-hydroxylation sites is 1. The third kappa shape index (κ3) is 6.22. The van der Waals surface area contributed by atoms with E-state index in [4.69, 9.17) is 0 Å². The molecule has 0 fully saturated rings. The van der Waals surface area contributed by atoms with Crippen molar-refractivity contribution in [2.24, 2.45) is 5.92 Å². The molecule has 2 aromatic rings. The van der Waals surface area contributed by atoms with Crippen LogP contribution in [0.4, 0.5) is 5.69 Å². The fourth-order valence-electron chi connectivity index (χ4n) is 3.07. The Morgan fingerprint density at radius 3 is 2.29 bits per heavy atom. The van der Waals surface area contributed by atoms with Crippen molar-refractivity contribution in [1.29, 1.82) is 0 Å². The van der Waals surface area contributed by atoms with Crippen LogP contribution in [0.1, 0.15) is 67.9 Å². The van der Waals surface area contributed by atoms with Gasteiger partial charge in [-0.1, -0.05) is 63.6 Å². The van der Waals surface area contributed by atoms with Crippen LogP contribution < -0.4 is 10.6 Å². The maximum atomic E-state index is 12.8. The standard InChI is InChI=1S/C24H32N2O2/c1-5-6-15-25-24(28)21-9-7-8-10-22(21)26-23(27)18(4)20-13-11-19(12-14-20)16-17(2)3/h7-14,17-18H,5-6,15-16H2,1-4H3,(H,25,28)(H,26,27). The number of carbonyl (C=O) groups excluding carboxylic acids is 2. The molecule has 0 bridgehead atoms. The van der Waals surface area contributed by atoms with Crippen molar-refractivity contribution in [3.8, 4) is 0 Å². The molecule has 28 heavy (non-hydrogen) atoms. The summed E-state index contributed by atoms with van der Waals surface area (Å²) in [6.45, 7) is 8.99. The van der Waals surface area contributed by atoms with Crippen LogP contribution in [0.3, 0.4) is 0 Å². The highest BCUT2D eigenvalue weighted by atomic mass is 16.2. The molecule has 2 N–H and O–H groups in total. The van der Waals surface area contributed by atoms with Gasteiger partial charge in [0.1, 0.15) is 0 Å². The van der Waals surface area contributed by atoms with Gasteiger partial charge in [0.25, 0.3) is 5.91 Å². The second-order valence-electron chi connectivity index (χ2n) is 7.71. The van der Waals surface area contributed by atoms with Crippen LogP contribution in [0.2, 0.25) is 0 Å². The molecule has 0 saturated heterocycles. The van der Waals surface area contributed by atoms with Gasteiger partial charge in [-0.3, -0.25) is 9.59 Å². The van der Waals surface area contributed by atoms with E-state index in [2.05, 4.69) is 43.5 Å². The first kappa shape index (κ1) is 21.7. The van der Waals surface area contributed by atoms with Gasteiger partial charge in [0.05, 0.1) is 17.2 Å². The van der Waals surface area contributed by atoms with Gasteiger partial charge in [-0.15, -0.1) is 0 Å². The molecule has 1 atom stereocenters. The zero-order valence-corrected chi connectivity index (χ0v) is 17.4. The van der Waals surface area contributed by atoms with E-state index >= 15 is 0 Å². The van der Waals surface area contributed by atoms with Gasteiger partial charge in [0, 0.05) is 6.54 Å². The van der Waals surface area contributed by atoms with Crippen molar-refractivity contribution in [3.63, 3.8) is 0 Å². The van der Waals surface area contributed by atoms with Crippen LogP contribution in [0.5, 0.6) is 0 Å². The smallest absolute Gasteiger partial charge is 0.253 e. The Hall–Kier alpha value is -2.62. The number of amides is 2. The molecule has 0 saturated carbocycles. The number of anilines is 1. The van der Waals surface area contributed by atoms with Crippen molar-refractivity contribution < 1.29 is 9.59 Å². The molecular formula is C24H32N2O2. The summed E-state index contributed by atoms with van der Waals surface area (Å²) < 4.78 is 0. The van der Waals surface area contributed by atoms with E-state index in [1.807, 2.05) is 25.1 Å². The van der Waals surface area contributed by atoms with Gasteiger partial charge in [-0.2, -0.15) is 0 Å². The Bertz CT molecular complexity index is 781. The molecule has 1 unspecified atom stereocenters. The zero-order chi connectivity index (χ0) is 20.5. The monoisotopic (exact) mass is 380 g/mol. The molecule has 0 aliphatic rings. The molecule has 4 nitrogen and oxygen atoms in total. The lowest BCUT2D eigenvalue weighted by Crippen LogP contribution is -2.27. The van der Waals surface area contributed by atoms with E-state index in [9.17, 15) is 9.59 Å². The van der Waals surface area contributed by atoms with E-state index in [0.29, 0.717) is 23.7 Å². The summed E-state index contributed by atoms with van der Waals surface area (Å²) in [5.74, 6) is 0.0244. The summed E-state index contributed by atoms with van der Waals surface area (Å²) in [5.41, 5.74) is 3.28. The van der Waals surface area contributed by atoms with Gasteiger partial charge in [0.15, 0.2) is 0 Å². The lowest BCUT2D eigenvalue weighted by atomic mass is 9.96. The number of hydrogen-bond acceptors (Lipinski definition) is 2. The van der Waals surface area contributed by atoms with Crippen LogP contribution in [0.15, 0.2) is 48.5 Å². The van der Waals surface area contributed by atoms with E-state index < -0.39 is 0 Å². The van der Waals surface area contributed by atoms with E-state index in [0.717, 1.165) is 24.8 Å². The summed E-state index contributed by atoms with van der Waals surface area (Å²) in [5, 5.41) is 5.83. The summed E-state index contributed by atoms with van der Waals surface area (Å²) in [4.78, 5) is 25.2. The predicted octanol–water partition coefficient (Wildman–Crippen LogP) is 5.16. The molecule has 0 aromatic heterocycles. The van der Waals surface area contributed by atoms with Gasteiger partial charge in [0.2, 0.25) is 5.91 Å². The fourth-order valence-corrected chi connectivity index (χ4v) is 3.07. The number of hydrogen-bond donors (Lipinski definition) is 2. The Labute approximate surface area is 168 Å². The minimum atomic E-state index is -0.302. The maximum Gasteiger partial charge on any atom is 0.253 e. The average Bonchev–Trinajstić information content (AvgIpc) is 2.68. The summed E-state index contributed by atoms with van der Waals surface area (Å²) in [6.07, 6.45) is 2.98. The number of carbonyl (C=O) groups is 2. The second-order valence-corrected chi connectivity index (χ2v) is 7.71. The highest BCUT2D eigenvalue weighted by Gasteiger charge is 2.18. The normalized spacial score (nSPS) is 11.9. The number of unbranched alkanes of at least 4 members (excludes halogenated alkanes) is 1. The number of benzene rings is 2. The first-order valence-electron chi connectivity index (χ1n) is 10.2. The first-order valence-corrected chi connectivity index (χ1v) is 10.2. The van der Waals surface area contributed by atoms with Crippen molar-refractivity contribution in [2.45, 2.75) is 52.9 Å². The second kappa shape index (κ2) is 10.6. The topological polar surface area (TPSA) is 58.2 Å². The minimum Gasteiger partial charge on any atom is -0.352 e. The Balaban J connectivity index is 2.06. The van der Waals surface area contributed by atoms with Gasteiger partial charge < -0.3 is 10.6 Å². The Morgan fingerprint density at radius 1 is 0.964 bits per heavy atom. The highest BCUT2D eigenvalue weighted by Crippen LogP contribution is 2.21. The Morgan fingerprint density at radius 2 is 1.64 bits per heavy atom. The quantitative estimate of drug-likeness (QED) is 0.591. The van der Waals surface area contributed by atoms with Crippen LogP contribution in [0.25, 0.3) is 0 Å². The third-order valence-electron chi connectivity index (χ3n) is 4.76. The lowest BCUT2D eigenvalue weighted by Gasteiger charge is -2.16. The average molecular weight is 381 g/mol. The zero-order valence-electron chi connectivity index (χ0n) is 17.4. The first-order chi connectivity index (χ1) is 13.4. The summed E-state index contributed by atoms with van der Waals surface area (Å²) in [6, 6.07) is 15.4. The Kier molecular flexibility index (Phi) is 8.24. The largest absolute Gasteiger partial charge is 0.352 e. The van der Waals surface area contributed by atoms with Gasteiger partial charge in [-0.05, 0) is 48.9 Å². The van der Waals surface area contributed by atoms with E-state index in [1.165, 1.54) is 5.56 Å². The summed E-state index contributed by atoms with van der Waals surface area (Å²) in [7, 11) is 0. The minimum absolute atomic E-state index is 0.120. The molecule has 0 aliphatic carbocycles. The molecule has 0 aliphatic heterocycles. The van der Waals surface area contributed by atoms with Gasteiger partial charge >= 0.3 is 0 Å². The molecular weight excluding hydrogens is 348 g/mol. The van der Waals surface area contributed by atoms with Crippen LogP contribution >= 0.6 is 0 Å². The van der Waals surface area contributed by atoms with E-state index in [1.54, 1.807) is 18.2 Å². The molecule has 2 aromatic carbocycles. The molecule has 0 radical (unpaired) electrons. The number of nitrogens with one attached hydrogen (secondary N) is 2. The lowest BCUT2D eigenvalue weighted by molar-refractivity contribution is -0.117. The molecule has 0 heterocycles. The molecule has 0 spiro atoms. The van der Waals surface area contributed by atoms with E-state index in [-0.39, 0.29) is 17.7 Å². The van der Waals surface area contributed by atoms with Crippen molar-refractivity contribution in [1.82, 2.24) is 5.32 Å². The molecule has 4 heteroatoms. The summed E-state index contributed by atoms with van der Waals surface area (Å²) >= 11 is 0. The maximum absolute atomic E-state index is 12.8. The van der Waals surface area contributed by atoms with Crippen LogP contribution in [-0.2, 0) is 11.2 Å². The predicted molar refractivity (Wildman–Crippen MR) is 116 cm³/mol. The van der Waals surface area contributed by atoms with Gasteiger partial charge in [-0.25, -0.2) is 0 Å². The SMILES string of the molecule is CCCCNC(=O)c1ccccc1NC(=O)C(C)c1ccc(CC(C)C)cc1. The van der Waals surface area contributed by atoms with Crippen LogP contribution in [-0.4, -0.2) is 18.4 Å². The number of rotatable bonds is 9.